The first-order valence-corrected chi connectivity index (χ1v) is 18.3. The predicted molar refractivity (Wildman–Crippen MR) is 220 cm³/mol. The van der Waals surface area contributed by atoms with E-state index in [1.54, 1.807) is 0 Å². The van der Waals surface area contributed by atoms with Crippen LogP contribution in [0.5, 0.6) is 0 Å². The van der Waals surface area contributed by atoms with Crippen molar-refractivity contribution in [1.29, 1.82) is 0 Å². The number of fused-ring (bicyclic) bond motifs is 8. The molecule has 11 rings (SSSR count). The highest BCUT2D eigenvalue weighted by atomic mass is 16.3. The minimum absolute atomic E-state index is 0.622. The van der Waals surface area contributed by atoms with Crippen molar-refractivity contribution in [3.63, 3.8) is 0 Å². The lowest BCUT2D eigenvalue weighted by Crippen LogP contribution is -2.02. The number of hydrogen-bond donors (Lipinski definition) is 0. The molecule has 4 heteroatoms. The van der Waals surface area contributed by atoms with Gasteiger partial charge < -0.3 is 4.42 Å². The molecule has 4 nitrogen and oxygen atoms in total. The molecule has 0 aliphatic heterocycles. The average Bonchev–Trinajstić information content (AvgIpc) is 3.82. The molecular weight excluding hydrogens is 659 g/mol. The van der Waals surface area contributed by atoms with Crippen molar-refractivity contribution in [3.8, 4) is 67.5 Å². The maximum Gasteiger partial charge on any atom is 0.164 e. The van der Waals surface area contributed by atoms with Gasteiger partial charge in [-0.15, -0.1) is 0 Å². The second kappa shape index (κ2) is 12.2. The topological polar surface area (TPSA) is 51.8 Å². The third-order valence-electron chi connectivity index (χ3n) is 10.8. The Kier molecular flexibility index (Phi) is 6.89. The highest BCUT2D eigenvalue weighted by Crippen LogP contribution is 2.43. The SMILES string of the molecule is c1ccc(-c2ccc(-c3nc(-c4ccc5oc6cc(-c7ccccc7)c7ccccc7c6c5c4)nc(-c4cccc5c4Cc4ccccc4-5)n3)cc2)cc1. The van der Waals surface area contributed by atoms with Crippen LogP contribution in [0.4, 0.5) is 0 Å². The van der Waals surface area contributed by atoms with Crippen molar-refractivity contribution in [3.05, 3.63) is 187 Å². The van der Waals surface area contributed by atoms with Crippen molar-refractivity contribution >= 4 is 32.7 Å². The Morgan fingerprint density at radius 1 is 0.352 bits per heavy atom. The van der Waals surface area contributed by atoms with Crippen LogP contribution >= 0.6 is 0 Å². The fourth-order valence-electron chi connectivity index (χ4n) is 8.20. The van der Waals surface area contributed by atoms with E-state index >= 15 is 0 Å². The average molecular weight is 690 g/mol. The summed E-state index contributed by atoms with van der Waals surface area (Å²) in [4.78, 5) is 15.6. The Labute approximate surface area is 312 Å². The van der Waals surface area contributed by atoms with E-state index in [-0.39, 0.29) is 0 Å². The largest absolute Gasteiger partial charge is 0.456 e. The van der Waals surface area contributed by atoms with Gasteiger partial charge in [-0.05, 0) is 86.0 Å². The highest BCUT2D eigenvalue weighted by molar-refractivity contribution is 6.22. The third-order valence-corrected chi connectivity index (χ3v) is 10.8. The van der Waals surface area contributed by atoms with Crippen molar-refractivity contribution in [2.45, 2.75) is 6.42 Å². The van der Waals surface area contributed by atoms with Crippen LogP contribution in [-0.2, 0) is 6.42 Å². The monoisotopic (exact) mass is 689 g/mol. The molecule has 0 spiro atoms. The molecule has 0 saturated heterocycles. The van der Waals surface area contributed by atoms with Gasteiger partial charge in [-0.1, -0.05) is 152 Å². The summed E-state index contributed by atoms with van der Waals surface area (Å²) >= 11 is 0. The number of aromatic nitrogens is 3. The summed E-state index contributed by atoms with van der Waals surface area (Å²) in [5.74, 6) is 1.93. The van der Waals surface area contributed by atoms with Crippen molar-refractivity contribution in [2.75, 3.05) is 0 Å². The van der Waals surface area contributed by atoms with Crippen LogP contribution in [-0.4, -0.2) is 15.0 Å². The highest BCUT2D eigenvalue weighted by Gasteiger charge is 2.24. The van der Waals surface area contributed by atoms with Crippen LogP contribution in [0.1, 0.15) is 11.1 Å². The first-order valence-electron chi connectivity index (χ1n) is 18.3. The normalized spacial score (nSPS) is 12.0. The van der Waals surface area contributed by atoms with Gasteiger partial charge in [0.1, 0.15) is 11.2 Å². The lowest BCUT2D eigenvalue weighted by atomic mass is 9.95. The number of rotatable bonds is 5. The number of hydrogen-bond acceptors (Lipinski definition) is 4. The van der Waals surface area contributed by atoms with Crippen LogP contribution < -0.4 is 0 Å². The summed E-state index contributed by atoms with van der Waals surface area (Å²) in [6.07, 6.45) is 0.842. The van der Waals surface area contributed by atoms with Gasteiger partial charge >= 0.3 is 0 Å². The van der Waals surface area contributed by atoms with Crippen LogP contribution in [0, 0.1) is 0 Å². The lowest BCUT2D eigenvalue weighted by Gasteiger charge is -2.12. The summed E-state index contributed by atoms with van der Waals surface area (Å²) in [5.41, 5.74) is 14.3. The molecule has 0 saturated carbocycles. The molecule has 0 bridgehead atoms. The molecular formula is C50H31N3O. The van der Waals surface area contributed by atoms with Crippen LogP contribution in [0.25, 0.3) is 100 Å². The minimum Gasteiger partial charge on any atom is -0.456 e. The van der Waals surface area contributed by atoms with E-state index in [0.717, 1.165) is 67.1 Å². The Balaban J connectivity index is 1.10. The van der Waals surface area contributed by atoms with Gasteiger partial charge in [-0.3, -0.25) is 0 Å². The van der Waals surface area contributed by atoms with E-state index in [9.17, 15) is 0 Å². The van der Waals surface area contributed by atoms with Gasteiger partial charge in [0.15, 0.2) is 17.5 Å². The summed E-state index contributed by atoms with van der Waals surface area (Å²) in [6, 6.07) is 61.7. The molecule has 2 heterocycles. The first-order chi connectivity index (χ1) is 26.7. The van der Waals surface area contributed by atoms with E-state index in [0.29, 0.717) is 17.5 Å². The number of nitrogens with zero attached hydrogens (tertiary/aromatic N) is 3. The van der Waals surface area contributed by atoms with E-state index < -0.39 is 0 Å². The number of benzene rings is 8. The molecule has 10 aromatic rings. The molecule has 0 radical (unpaired) electrons. The summed E-state index contributed by atoms with van der Waals surface area (Å²) < 4.78 is 6.58. The molecule has 8 aromatic carbocycles. The smallest absolute Gasteiger partial charge is 0.164 e. The maximum atomic E-state index is 6.58. The molecule has 0 fully saturated rings. The molecule has 1 aliphatic rings. The maximum absolute atomic E-state index is 6.58. The number of furan rings is 1. The van der Waals surface area contributed by atoms with Crippen LogP contribution in [0.3, 0.4) is 0 Å². The van der Waals surface area contributed by atoms with Crippen molar-refractivity contribution in [1.82, 2.24) is 15.0 Å². The quantitative estimate of drug-likeness (QED) is 0.180. The first kappa shape index (κ1) is 30.5. The Morgan fingerprint density at radius 2 is 0.944 bits per heavy atom. The predicted octanol–water partition coefficient (Wildman–Crippen LogP) is 12.8. The van der Waals surface area contributed by atoms with Gasteiger partial charge in [0.2, 0.25) is 0 Å². The zero-order valence-corrected chi connectivity index (χ0v) is 29.2. The fraction of sp³-hybridized carbons (Fsp3) is 0.0200. The standard InChI is InChI=1S/C50H31N3O/c1-3-12-31(13-4-1)32-22-24-34(25-23-32)48-51-49(53-50(52-48)41-21-11-20-38-37-17-8-7-16-35(37)28-43(38)41)36-26-27-45-44(29-36)47-40-19-10-9-18-39(40)42(30-46(47)54-45)33-14-5-2-6-15-33/h1-27,29-30H,28H2. The molecule has 54 heavy (non-hydrogen) atoms. The van der Waals surface area contributed by atoms with Crippen LogP contribution in [0.15, 0.2) is 180 Å². The van der Waals surface area contributed by atoms with Gasteiger partial charge in [0.25, 0.3) is 0 Å². The second-order valence-electron chi connectivity index (χ2n) is 13.9. The van der Waals surface area contributed by atoms with E-state index in [2.05, 4.69) is 170 Å². The summed E-state index contributed by atoms with van der Waals surface area (Å²) in [5, 5.41) is 4.46. The van der Waals surface area contributed by atoms with Crippen molar-refractivity contribution in [2.24, 2.45) is 0 Å². The van der Waals surface area contributed by atoms with Gasteiger partial charge in [0.05, 0.1) is 0 Å². The van der Waals surface area contributed by atoms with Crippen LogP contribution in [0.2, 0.25) is 0 Å². The lowest BCUT2D eigenvalue weighted by molar-refractivity contribution is 0.669. The molecule has 2 aromatic heterocycles. The van der Waals surface area contributed by atoms with Gasteiger partial charge in [0, 0.05) is 27.5 Å². The van der Waals surface area contributed by atoms with Crippen molar-refractivity contribution < 1.29 is 4.42 Å². The Bertz CT molecular complexity index is 3060. The molecule has 252 valence electrons. The Hall–Kier alpha value is -7.17. The zero-order valence-electron chi connectivity index (χ0n) is 29.2. The Morgan fingerprint density at radius 3 is 1.76 bits per heavy atom. The minimum atomic E-state index is 0.622. The van der Waals surface area contributed by atoms with E-state index in [4.69, 9.17) is 19.4 Å². The zero-order chi connectivity index (χ0) is 35.6. The third kappa shape index (κ3) is 4.96. The molecule has 0 atom stereocenters. The molecule has 0 unspecified atom stereocenters. The summed E-state index contributed by atoms with van der Waals surface area (Å²) in [7, 11) is 0. The van der Waals surface area contributed by atoms with E-state index in [1.807, 2.05) is 6.07 Å². The molecule has 0 amide bonds. The summed E-state index contributed by atoms with van der Waals surface area (Å²) in [6.45, 7) is 0. The van der Waals surface area contributed by atoms with Gasteiger partial charge in [-0.2, -0.15) is 0 Å². The van der Waals surface area contributed by atoms with Gasteiger partial charge in [-0.25, -0.2) is 15.0 Å². The molecule has 0 N–H and O–H groups in total. The fourth-order valence-corrected chi connectivity index (χ4v) is 8.20. The molecule has 1 aliphatic carbocycles. The second-order valence-corrected chi connectivity index (χ2v) is 13.9. The van der Waals surface area contributed by atoms with E-state index in [1.165, 1.54) is 33.2 Å².